The maximum atomic E-state index is 10.5. The van der Waals surface area contributed by atoms with Gasteiger partial charge in [0.1, 0.15) is 6.10 Å². The minimum absolute atomic E-state index is 0.368. The second-order valence-corrected chi connectivity index (χ2v) is 2.05. The van der Waals surface area contributed by atoms with Crippen LogP contribution < -0.4 is 0 Å². The van der Waals surface area contributed by atoms with Crippen molar-refractivity contribution < 1.29 is 15.0 Å². The zero-order valence-electron chi connectivity index (χ0n) is 4.82. The highest BCUT2D eigenvalue weighted by Crippen LogP contribution is 2.07. The van der Waals surface area contributed by atoms with Crippen LogP contribution in [0.15, 0.2) is 12.2 Å². The van der Waals surface area contributed by atoms with Crippen LogP contribution in [0.3, 0.4) is 0 Å². The fourth-order valence-corrected chi connectivity index (χ4v) is 0.741. The topological polar surface area (TPSA) is 57.5 Å². The number of hydrogen-bond acceptors (Lipinski definition) is 3. The van der Waals surface area contributed by atoms with Crippen molar-refractivity contribution in [2.45, 2.75) is 18.6 Å². The maximum absolute atomic E-state index is 10.5. The van der Waals surface area contributed by atoms with Crippen molar-refractivity contribution in [3.8, 4) is 0 Å². The van der Waals surface area contributed by atoms with E-state index < -0.39 is 18.0 Å². The van der Waals surface area contributed by atoms with E-state index in [1.807, 2.05) is 0 Å². The molecule has 9 heavy (non-hydrogen) atoms. The molecule has 50 valence electrons. The third-order valence-electron chi connectivity index (χ3n) is 1.32. The molecular formula is C6H8O3. The number of carbonyl (C=O) groups is 1. The van der Waals surface area contributed by atoms with E-state index in [1.54, 1.807) is 6.08 Å². The summed E-state index contributed by atoms with van der Waals surface area (Å²) in [5.41, 5.74) is 0. The molecule has 0 aromatic rings. The van der Waals surface area contributed by atoms with Crippen LogP contribution in [0.1, 0.15) is 6.42 Å². The molecule has 3 heteroatoms. The van der Waals surface area contributed by atoms with Gasteiger partial charge in [0.25, 0.3) is 0 Å². The fourth-order valence-electron chi connectivity index (χ4n) is 0.741. The predicted octanol–water partition coefficient (Wildman–Crippen LogP) is -0.763. The zero-order chi connectivity index (χ0) is 6.85. The Kier molecular flexibility index (Phi) is 1.64. The summed E-state index contributed by atoms with van der Waals surface area (Å²) in [6, 6.07) is 0. The first-order valence-corrected chi connectivity index (χ1v) is 2.78. The lowest BCUT2D eigenvalue weighted by Crippen LogP contribution is -2.34. The summed E-state index contributed by atoms with van der Waals surface area (Å²) in [6.45, 7) is 0. The van der Waals surface area contributed by atoms with Crippen LogP contribution in [0.5, 0.6) is 0 Å². The third kappa shape index (κ3) is 1.17. The molecule has 0 saturated heterocycles. The largest absolute Gasteiger partial charge is 0.390 e. The van der Waals surface area contributed by atoms with Crippen LogP contribution in [0.2, 0.25) is 0 Å². The third-order valence-corrected chi connectivity index (χ3v) is 1.32. The van der Waals surface area contributed by atoms with Gasteiger partial charge in [-0.25, -0.2) is 0 Å². The van der Waals surface area contributed by atoms with Crippen molar-refractivity contribution in [3.05, 3.63) is 12.2 Å². The highest BCUT2D eigenvalue weighted by molar-refractivity contribution is 5.94. The van der Waals surface area contributed by atoms with E-state index in [0.29, 0.717) is 6.42 Å². The van der Waals surface area contributed by atoms with Crippen molar-refractivity contribution in [2.75, 3.05) is 0 Å². The van der Waals surface area contributed by atoms with Gasteiger partial charge in [0.05, 0.1) is 6.10 Å². The number of ketones is 1. The average Bonchev–Trinajstić information content (AvgIpc) is 1.83. The fraction of sp³-hybridized carbons (Fsp3) is 0.500. The summed E-state index contributed by atoms with van der Waals surface area (Å²) >= 11 is 0. The predicted molar refractivity (Wildman–Crippen MR) is 30.8 cm³/mol. The van der Waals surface area contributed by atoms with Crippen molar-refractivity contribution >= 4 is 5.78 Å². The summed E-state index contributed by atoms with van der Waals surface area (Å²) < 4.78 is 0. The molecule has 1 rings (SSSR count). The van der Waals surface area contributed by atoms with Gasteiger partial charge in [0, 0.05) is 0 Å². The first kappa shape index (κ1) is 6.45. The van der Waals surface area contributed by atoms with Crippen molar-refractivity contribution in [1.29, 1.82) is 0 Å². The van der Waals surface area contributed by atoms with E-state index >= 15 is 0 Å². The van der Waals surface area contributed by atoms with E-state index in [2.05, 4.69) is 0 Å². The molecule has 1 aliphatic rings. The number of rotatable bonds is 0. The number of aliphatic hydroxyl groups is 2. The second kappa shape index (κ2) is 2.29. The molecule has 0 unspecified atom stereocenters. The van der Waals surface area contributed by atoms with Gasteiger partial charge in [-0.15, -0.1) is 0 Å². The van der Waals surface area contributed by atoms with E-state index in [9.17, 15) is 4.79 Å². The molecule has 3 nitrogen and oxygen atoms in total. The lowest BCUT2D eigenvalue weighted by molar-refractivity contribution is -0.128. The summed E-state index contributed by atoms with van der Waals surface area (Å²) in [4.78, 5) is 10.5. The van der Waals surface area contributed by atoms with Crippen LogP contribution in [0, 0.1) is 0 Å². The van der Waals surface area contributed by atoms with E-state index in [1.165, 1.54) is 6.08 Å². The molecule has 0 aliphatic heterocycles. The Morgan fingerprint density at radius 3 is 2.67 bits per heavy atom. The Hall–Kier alpha value is -0.670. The van der Waals surface area contributed by atoms with Crippen molar-refractivity contribution in [1.82, 2.24) is 0 Å². The standard InChI is InChI=1S/C6H8O3/c7-4-2-1-3-5(8)6(4)9/h1-2,5-6,8-9H,3H2/t5-,6-/m1/s1. The summed E-state index contributed by atoms with van der Waals surface area (Å²) in [7, 11) is 0. The van der Waals surface area contributed by atoms with Crippen LogP contribution in [-0.2, 0) is 4.79 Å². The summed E-state index contributed by atoms with van der Waals surface area (Å²) in [5, 5.41) is 17.6. The minimum atomic E-state index is -1.20. The van der Waals surface area contributed by atoms with Crippen molar-refractivity contribution in [2.24, 2.45) is 0 Å². The molecule has 2 N–H and O–H groups in total. The van der Waals surface area contributed by atoms with E-state index in [4.69, 9.17) is 10.2 Å². The molecule has 0 saturated carbocycles. The Morgan fingerprint density at radius 2 is 2.22 bits per heavy atom. The number of hydrogen-bond donors (Lipinski definition) is 2. The second-order valence-electron chi connectivity index (χ2n) is 2.05. The Balaban J connectivity index is 2.69. The molecule has 0 amide bonds. The molecule has 0 aromatic heterocycles. The highest BCUT2D eigenvalue weighted by atomic mass is 16.3. The number of aliphatic hydroxyl groups excluding tert-OH is 2. The molecule has 0 spiro atoms. The first-order valence-electron chi connectivity index (χ1n) is 2.78. The smallest absolute Gasteiger partial charge is 0.186 e. The Labute approximate surface area is 52.6 Å². The normalized spacial score (nSPS) is 35.1. The highest BCUT2D eigenvalue weighted by Gasteiger charge is 2.23. The van der Waals surface area contributed by atoms with Gasteiger partial charge in [0.2, 0.25) is 0 Å². The Morgan fingerprint density at radius 1 is 1.56 bits per heavy atom. The zero-order valence-corrected chi connectivity index (χ0v) is 4.82. The molecule has 2 atom stereocenters. The molecule has 0 fully saturated rings. The van der Waals surface area contributed by atoms with Crippen LogP contribution in [0.4, 0.5) is 0 Å². The quantitative estimate of drug-likeness (QED) is 0.450. The van der Waals surface area contributed by atoms with E-state index in [0.717, 1.165) is 0 Å². The van der Waals surface area contributed by atoms with Gasteiger partial charge in [-0.05, 0) is 12.5 Å². The summed E-state index contributed by atoms with van der Waals surface area (Å²) in [5.74, 6) is -0.409. The van der Waals surface area contributed by atoms with Gasteiger partial charge in [-0.1, -0.05) is 6.08 Å². The van der Waals surface area contributed by atoms with Gasteiger partial charge in [-0.2, -0.15) is 0 Å². The SMILES string of the molecule is O=C1C=CC[C@@H](O)[C@@H]1O. The average molecular weight is 128 g/mol. The molecular weight excluding hydrogens is 120 g/mol. The summed E-state index contributed by atoms with van der Waals surface area (Å²) in [6.07, 6.45) is 1.11. The lowest BCUT2D eigenvalue weighted by atomic mass is 10.0. The lowest BCUT2D eigenvalue weighted by Gasteiger charge is -2.16. The first-order chi connectivity index (χ1) is 4.22. The van der Waals surface area contributed by atoms with E-state index in [-0.39, 0.29) is 0 Å². The van der Waals surface area contributed by atoms with Crippen LogP contribution in [-0.4, -0.2) is 28.2 Å². The minimum Gasteiger partial charge on any atom is -0.390 e. The van der Waals surface area contributed by atoms with Gasteiger partial charge in [0.15, 0.2) is 5.78 Å². The van der Waals surface area contributed by atoms with Crippen LogP contribution in [0.25, 0.3) is 0 Å². The van der Waals surface area contributed by atoms with Crippen molar-refractivity contribution in [3.63, 3.8) is 0 Å². The molecule has 0 aromatic carbocycles. The number of carbonyl (C=O) groups excluding carboxylic acids is 1. The maximum Gasteiger partial charge on any atom is 0.186 e. The van der Waals surface area contributed by atoms with Crippen LogP contribution >= 0.6 is 0 Å². The van der Waals surface area contributed by atoms with Gasteiger partial charge in [-0.3, -0.25) is 4.79 Å². The molecule has 0 radical (unpaired) electrons. The molecule has 0 heterocycles. The monoisotopic (exact) mass is 128 g/mol. The molecule has 1 aliphatic carbocycles. The van der Waals surface area contributed by atoms with Gasteiger partial charge < -0.3 is 10.2 Å². The van der Waals surface area contributed by atoms with Gasteiger partial charge >= 0.3 is 0 Å². The Bertz CT molecular complexity index is 150. The molecule has 0 bridgehead atoms.